The number of carbonyl (C=O) groups excluding carboxylic acids is 1. The lowest BCUT2D eigenvalue weighted by Crippen LogP contribution is -2.45. The summed E-state index contributed by atoms with van der Waals surface area (Å²) < 4.78 is 23.9. The molecule has 0 spiro atoms. The molecule has 0 heterocycles. The van der Waals surface area contributed by atoms with Crippen molar-refractivity contribution in [2.24, 2.45) is 0 Å². The van der Waals surface area contributed by atoms with Gasteiger partial charge in [-0.3, -0.25) is 13.8 Å². The number of aliphatic hydroxyl groups excluding tert-OH is 1. The largest absolute Gasteiger partial charge is 0.472 e. The van der Waals surface area contributed by atoms with Crippen molar-refractivity contribution < 1.29 is 32.9 Å². The van der Waals surface area contributed by atoms with E-state index in [1.807, 2.05) is 27.2 Å². The molecule has 9 heteroatoms. The number of phosphoric acid groups is 1. The van der Waals surface area contributed by atoms with Crippen molar-refractivity contribution in [3.63, 3.8) is 0 Å². The molecule has 0 saturated heterocycles. The molecule has 3 atom stereocenters. The highest BCUT2D eigenvalue weighted by atomic mass is 31.2. The third kappa shape index (κ3) is 70.2. The number of carbonyl (C=O) groups is 1. The van der Waals surface area contributed by atoms with Crippen LogP contribution in [0.4, 0.5) is 0 Å². The van der Waals surface area contributed by atoms with Crippen LogP contribution in [-0.2, 0) is 18.4 Å². The second-order valence-electron chi connectivity index (χ2n) is 27.7. The first-order valence-electron chi connectivity index (χ1n) is 38.4. The van der Waals surface area contributed by atoms with Gasteiger partial charge in [-0.15, -0.1) is 0 Å². The second kappa shape index (κ2) is 68.1. The number of nitrogens with zero attached hydrogens (tertiary/aromatic N) is 1. The molecule has 3 unspecified atom stereocenters. The zero-order valence-electron chi connectivity index (χ0n) is 58.6. The normalized spacial score (nSPS) is 13.7. The van der Waals surface area contributed by atoms with Crippen molar-refractivity contribution in [2.45, 2.75) is 411 Å². The highest BCUT2D eigenvalue weighted by molar-refractivity contribution is 7.47. The van der Waals surface area contributed by atoms with Crippen molar-refractivity contribution in [1.29, 1.82) is 0 Å². The Morgan fingerprint density at radius 1 is 0.395 bits per heavy atom. The molecule has 0 aliphatic carbocycles. The summed E-state index contributed by atoms with van der Waals surface area (Å²) >= 11 is 0. The van der Waals surface area contributed by atoms with Crippen molar-refractivity contribution in [3.05, 3.63) is 36.5 Å². The topological polar surface area (TPSA) is 105 Å². The number of hydrogen-bond donors (Lipinski definition) is 3. The van der Waals surface area contributed by atoms with Gasteiger partial charge in [-0.05, 0) is 51.4 Å². The number of quaternary nitrogens is 1. The first-order valence-corrected chi connectivity index (χ1v) is 39.9. The first kappa shape index (κ1) is 84.7. The van der Waals surface area contributed by atoms with Gasteiger partial charge >= 0.3 is 7.82 Å². The Kier molecular flexibility index (Phi) is 67.1. The SMILES string of the molecule is CCCCCCC/C=C\C/C=C\CCCCCCCCCCCCCCCCCCCCCCCCCCCC(=O)NC(COP(=O)(O)OCC[N+](C)(C)C)C(O)/C=C/CCCCCCCCCCCCCCCCCCCCCCCCCCC. The van der Waals surface area contributed by atoms with Gasteiger partial charge in [-0.25, -0.2) is 4.57 Å². The van der Waals surface area contributed by atoms with Crippen LogP contribution in [0, 0.1) is 0 Å². The average molecular weight is 1230 g/mol. The van der Waals surface area contributed by atoms with E-state index in [9.17, 15) is 19.4 Å². The molecular formula is C77H152N2O6P+. The monoisotopic (exact) mass is 1230 g/mol. The Balaban J connectivity index is 3.95. The fourth-order valence-corrected chi connectivity index (χ4v) is 12.6. The minimum absolute atomic E-state index is 0.0642. The molecule has 0 aromatic carbocycles. The third-order valence-electron chi connectivity index (χ3n) is 17.9. The van der Waals surface area contributed by atoms with Crippen molar-refractivity contribution in [1.82, 2.24) is 5.32 Å². The molecule has 0 aliphatic rings. The summed E-state index contributed by atoms with van der Waals surface area (Å²) in [6.45, 7) is 4.87. The Labute approximate surface area is 537 Å². The number of nitrogens with one attached hydrogen (secondary N) is 1. The molecule has 8 nitrogen and oxygen atoms in total. The lowest BCUT2D eigenvalue weighted by atomic mass is 10.0. The van der Waals surface area contributed by atoms with Gasteiger partial charge < -0.3 is 19.8 Å². The number of phosphoric ester groups is 1. The number of likely N-dealkylation sites (N-methyl/N-ethyl adjacent to an activating group) is 1. The molecule has 0 aromatic heterocycles. The van der Waals surface area contributed by atoms with Gasteiger partial charge in [0.15, 0.2) is 0 Å². The number of unbranched alkanes of at least 4 members (excludes halogenated alkanes) is 55. The molecule has 0 radical (unpaired) electrons. The van der Waals surface area contributed by atoms with Gasteiger partial charge in [-0.1, -0.05) is 378 Å². The molecule has 0 aromatic rings. The Morgan fingerprint density at radius 3 is 0.953 bits per heavy atom. The minimum Gasteiger partial charge on any atom is -0.387 e. The smallest absolute Gasteiger partial charge is 0.387 e. The summed E-state index contributed by atoms with van der Waals surface area (Å²) in [5.74, 6) is -0.168. The fraction of sp³-hybridized carbons (Fsp3) is 0.909. The Bertz CT molecular complexity index is 1500. The second-order valence-corrected chi connectivity index (χ2v) is 29.2. The standard InChI is InChI=1S/C77H151N2O6P/c1-6-8-10-12-14-16-18-20-22-24-26-28-30-32-34-35-36-37-38-39-40-41-42-43-45-47-49-51-53-55-57-59-61-63-65-67-69-71-77(81)78-75(74-85-86(82,83)84-73-72-79(3,4)5)76(80)70-68-66-64-62-60-58-56-54-52-50-48-46-44-33-31-29-27-25-23-21-19-17-15-13-11-9-7-2/h18,20,24,26,68,70,75-76,80H,6-17,19,21-23,25,27-67,69,71-74H2,1-5H3,(H-,78,81,82,83)/p+1/b20-18-,26-24-,70-68+. The predicted octanol–water partition coefficient (Wildman–Crippen LogP) is 24.8. The summed E-state index contributed by atoms with van der Waals surface area (Å²) in [4.78, 5) is 23.5. The number of hydrogen-bond acceptors (Lipinski definition) is 5. The van der Waals surface area contributed by atoms with Gasteiger partial charge in [0.1, 0.15) is 13.2 Å². The van der Waals surface area contributed by atoms with E-state index in [0.717, 1.165) is 38.5 Å². The number of rotatable bonds is 72. The van der Waals surface area contributed by atoms with E-state index in [0.29, 0.717) is 17.4 Å². The molecule has 0 rings (SSSR count). The summed E-state index contributed by atoms with van der Waals surface area (Å²) in [6, 6.07) is -0.846. The molecule has 0 fully saturated rings. The quantitative estimate of drug-likeness (QED) is 0.0243. The van der Waals surface area contributed by atoms with Crippen LogP contribution >= 0.6 is 7.82 Å². The van der Waals surface area contributed by atoms with Crippen molar-refractivity contribution in [3.8, 4) is 0 Å². The molecule has 3 N–H and O–H groups in total. The van der Waals surface area contributed by atoms with E-state index in [1.54, 1.807) is 6.08 Å². The van der Waals surface area contributed by atoms with E-state index in [-0.39, 0.29) is 19.1 Å². The van der Waals surface area contributed by atoms with E-state index in [4.69, 9.17) is 9.05 Å². The maximum Gasteiger partial charge on any atom is 0.472 e. The van der Waals surface area contributed by atoms with E-state index < -0.39 is 20.0 Å². The van der Waals surface area contributed by atoms with Crippen LogP contribution in [0.1, 0.15) is 399 Å². The van der Waals surface area contributed by atoms with Crippen molar-refractivity contribution >= 4 is 13.7 Å². The molecular weight excluding hydrogens is 1080 g/mol. The van der Waals surface area contributed by atoms with Gasteiger partial charge in [0.05, 0.1) is 39.9 Å². The van der Waals surface area contributed by atoms with Gasteiger partial charge in [0.2, 0.25) is 5.91 Å². The molecule has 1 amide bonds. The zero-order valence-corrected chi connectivity index (χ0v) is 59.5. The van der Waals surface area contributed by atoms with Crippen LogP contribution < -0.4 is 5.32 Å². The Morgan fingerprint density at radius 2 is 0.663 bits per heavy atom. The van der Waals surface area contributed by atoms with E-state index in [2.05, 4.69) is 43.5 Å². The molecule has 510 valence electrons. The third-order valence-corrected chi connectivity index (χ3v) is 18.8. The maximum atomic E-state index is 13.1. The van der Waals surface area contributed by atoms with Crippen LogP contribution in [0.25, 0.3) is 0 Å². The van der Waals surface area contributed by atoms with Crippen molar-refractivity contribution in [2.75, 3.05) is 40.9 Å². The van der Waals surface area contributed by atoms with Crippen LogP contribution in [0.2, 0.25) is 0 Å². The van der Waals surface area contributed by atoms with Crippen LogP contribution in [0.15, 0.2) is 36.5 Å². The maximum absolute atomic E-state index is 13.1. The lowest BCUT2D eigenvalue weighted by molar-refractivity contribution is -0.870. The van der Waals surface area contributed by atoms with E-state index >= 15 is 0 Å². The van der Waals surface area contributed by atoms with Gasteiger partial charge in [-0.2, -0.15) is 0 Å². The number of allylic oxidation sites excluding steroid dienone is 5. The molecule has 86 heavy (non-hydrogen) atoms. The van der Waals surface area contributed by atoms with Crippen LogP contribution in [-0.4, -0.2) is 73.4 Å². The number of amides is 1. The number of aliphatic hydroxyl groups is 1. The average Bonchev–Trinajstić information content (AvgIpc) is 3.70. The summed E-state index contributed by atoms with van der Waals surface area (Å²) in [5, 5.41) is 14.0. The van der Waals surface area contributed by atoms with Gasteiger partial charge in [0, 0.05) is 6.42 Å². The zero-order chi connectivity index (χ0) is 62.6. The lowest BCUT2D eigenvalue weighted by Gasteiger charge is -2.25. The highest BCUT2D eigenvalue weighted by Gasteiger charge is 2.28. The molecule has 0 saturated carbocycles. The van der Waals surface area contributed by atoms with Gasteiger partial charge in [0.25, 0.3) is 0 Å². The van der Waals surface area contributed by atoms with E-state index in [1.165, 1.54) is 340 Å². The molecule has 0 aliphatic heterocycles. The summed E-state index contributed by atoms with van der Waals surface area (Å²) in [5.41, 5.74) is 0. The predicted molar refractivity (Wildman–Crippen MR) is 378 cm³/mol. The fourth-order valence-electron chi connectivity index (χ4n) is 11.9. The first-order chi connectivity index (χ1) is 42.0. The highest BCUT2D eigenvalue weighted by Crippen LogP contribution is 2.43. The Hall–Kier alpha value is -1.28. The summed E-state index contributed by atoms with van der Waals surface area (Å²) in [7, 11) is 1.59. The molecule has 0 bridgehead atoms. The minimum atomic E-state index is -4.35. The summed E-state index contributed by atoms with van der Waals surface area (Å²) in [6.07, 6.45) is 91.8. The van der Waals surface area contributed by atoms with Crippen LogP contribution in [0.5, 0.6) is 0 Å². The van der Waals surface area contributed by atoms with Crippen LogP contribution in [0.3, 0.4) is 0 Å².